The first-order chi connectivity index (χ1) is 15.8. The van der Waals surface area contributed by atoms with Gasteiger partial charge in [0, 0.05) is 9.50 Å². The smallest absolute Gasteiger partial charge is 0.291 e. The molecule has 0 spiro atoms. The lowest BCUT2D eigenvalue weighted by atomic mass is 10.2. The number of ether oxygens (including phenoxy) is 1. The van der Waals surface area contributed by atoms with Gasteiger partial charge in [-0.1, -0.05) is 51.3 Å². The molecule has 0 unspecified atom stereocenters. The van der Waals surface area contributed by atoms with E-state index in [4.69, 9.17) is 32.4 Å². The number of amides is 1. The molecule has 4 rings (SSSR count). The number of aryl methyl sites for hydroxylation is 1. The van der Waals surface area contributed by atoms with Gasteiger partial charge in [0.25, 0.3) is 5.91 Å². The van der Waals surface area contributed by atoms with Gasteiger partial charge in [-0.3, -0.25) is 9.48 Å². The number of carbonyl (C=O) groups excluding carboxylic acids is 1. The van der Waals surface area contributed by atoms with Crippen LogP contribution in [0.15, 0.2) is 63.5 Å². The predicted molar refractivity (Wildman–Crippen MR) is 132 cm³/mol. The molecule has 0 saturated carbocycles. The van der Waals surface area contributed by atoms with Crippen LogP contribution in [0, 0.1) is 13.8 Å². The molecule has 0 radical (unpaired) electrons. The van der Waals surface area contributed by atoms with Gasteiger partial charge in [-0.2, -0.15) is 5.10 Å². The second-order valence-corrected chi connectivity index (χ2v) is 9.18. The van der Waals surface area contributed by atoms with Crippen LogP contribution >= 0.6 is 39.1 Å². The van der Waals surface area contributed by atoms with Crippen LogP contribution in [0.2, 0.25) is 10.0 Å². The zero-order chi connectivity index (χ0) is 23.5. The molecule has 4 aromatic rings. The standard InChI is InChI=1S/C24H20BrCl2N3O3/c1-14-23(15(2)30(29-14)12-16-4-3-5-18(26)10-16)28-24(31)22-9-7-19(33-22)13-32-21-8-6-17(25)11-20(21)27/h3-11H,12-13H2,1-2H3,(H,28,31). The van der Waals surface area contributed by atoms with Crippen LogP contribution in [0.4, 0.5) is 5.69 Å². The number of carbonyl (C=O) groups is 1. The Bertz CT molecular complexity index is 1320. The van der Waals surface area contributed by atoms with E-state index in [1.165, 1.54) is 0 Å². The SMILES string of the molecule is Cc1nn(Cc2cccc(Cl)c2)c(C)c1NC(=O)c1ccc(COc2ccc(Br)cc2Cl)o1. The molecule has 0 bridgehead atoms. The Hall–Kier alpha value is -2.74. The largest absolute Gasteiger partial charge is 0.484 e. The van der Waals surface area contributed by atoms with Crippen molar-refractivity contribution in [2.24, 2.45) is 0 Å². The number of hydrogen-bond acceptors (Lipinski definition) is 4. The van der Waals surface area contributed by atoms with E-state index in [1.54, 1.807) is 24.3 Å². The Morgan fingerprint density at radius 1 is 1.15 bits per heavy atom. The molecule has 170 valence electrons. The van der Waals surface area contributed by atoms with Crippen LogP contribution in [-0.2, 0) is 13.2 Å². The van der Waals surface area contributed by atoms with Crippen molar-refractivity contribution in [3.8, 4) is 5.75 Å². The summed E-state index contributed by atoms with van der Waals surface area (Å²) in [6.07, 6.45) is 0. The lowest BCUT2D eigenvalue weighted by Crippen LogP contribution is -2.12. The Labute approximate surface area is 209 Å². The van der Waals surface area contributed by atoms with E-state index < -0.39 is 0 Å². The third-order valence-corrected chi connectivity index (χ3v) is 6.01. The molecule has 1 amide bonds. The fraction of sp³-hybridized carbons (Fsp3) is 0.167. The van der Waals surface area contributed by atoms with E-state index in [0.717, 1.165) is 15.7 Å². The van der Waals surface area contributed by atoms with Crippen molar-refractivity contribution in [3.63, 3.8) is 0 Å². The summed E-state index contributed by atoms with van der Waals surface area (Å²) in [7, 11) is 0. The van der Waals surface area contributed by atoms with Gasteiger partial charge in [-0.25, -0.2) is 0 Å². The highest BCUT2D eigenvalue weighted by Crippen LogP contribution is 2.29. The first-order valence-electron chi connectivity index (χ1n) is 10.1. The minimum Gasteiger partial charge on any atom is -0.484 e. The Morgan fingerprint density at radius 3 is 2.73 bits per heavy atom. The molecule has 9 heteroatoms. The highest BCUT2D eigenvalue weighted by atomic mass is 79.9. The highest BCUT2D eigenvalue weighted by molar-refractivity contribution is 9.10. The van der Waals surface area contributed by atoms with Gasteiger partial charge >= 0.3 is 0 Å². The number of nitrogens with one attached hydrogen (secondary N) is 1. The topological polar surface area (TPSA) is 69.3 Å². The molecular formula is C24H20BrCl2N3O3. The monoisotopic (exact) mass is 547 g/mol. The van der Waals surface area contributed by atoms with E-state index in [2.05, 4.69) is 26.3 Å². The first-order valence-corrected chi connectivity index (χ1v) is 11.6. The number of anilines is 1. The van der Waals surface area contributed by atoms with Crippen LogP contribution in [0.5, 0.6) is 5.75 Å². The predicted octanol–water partition coefficient (Wildman–Crippen LogP) is 7.04. The van der Waals surface area contributed by atoms with E-state index in [-0.39, 0.29) is 18.3 Å². The Balaban J connectivity index is 1.42. The summed E-state index contributed by atoms with van der Waals surface area (Å²) in [6.45, 7) is 4.44. The number of hydrogen-bond donors (Lipinski definition) is 1. The van der Waals surface area contributed by atoms with Crippen molar-refractivity contribution < 1.29 is 13.9 Å². The zero-order valence-electron chi connectivity index (χ0n) is 17.9. The van der Waals surface area contributed by atoms with E-state index in [1.807, 2.05) is 48.9 Å². The molecule has 0 aliphatic rings. The summed E-state index contributed by atoms with van der Waals surface area (Å²) in [6, 6.07) is 16.2. The summed E-state index contributed by atoms with van der Waals surface area (Å²) >= 11 is 15.6. The normalized spacial score (nSPS) is 10.9. The maximum Gasteiger partial charge on any atom is 0.291 e. The average Bonchev–Trinajstić information content (AvgIpc) is 3.34. The van der Waals surface area contributed by atoms with Crippen LogP contribution in [-0.4, -0.2) is 15.7 Å². The summed E-state index contributed by atoms with van der Waals surface area (Å²) in [4.78, 5) is 12.8. The van der Waals surface area contributed by atoms with E-state index in [9.17, 15) is 4.79 Å². The maximum absolute atomic E-state index is 12.8. The number of halogens is 3. The van der Waals surface area contributed by atoms with Crippen molar-refractivity contribution in [3.05, 3.63) is 97.6 Å². The van der Waals surface area contributed by atoms with Gasteiger partial charge in [0.05, 0.1) is 28.6 Å². The number of benzene rings is 2. The maximum atomic E-state index is 12.8. The quantitative estimate of drug-likeness (QED) is 0.269. The molecular weight excluding hydrogens is 529 g/mol. The van der Waals surface area contributed by atoms with Crippen molar-refractivity contribution in [2.45, 2.75) is 27.0 Å². The molecule has 1 N–H and O–H groups in total. The number of aromatic nitrogens is 2. The molecule has 0 aliphatic carbocycles. The van der Waals surface area contributed by atoms with Gasteiger partial charge in [0.2, 0.25) is 0 Å². The average molecular weight is 549 g/mol. The van der Waals surface area contributed by atoms with Crippen molar-refractivity contribution in [2.75, 3.05) is 5.32 Å². The van der Waals surface area contributed by atoms with Gasteiger partial charge in [-0.05, 0) is 61.9 Å². The molecule has 2 heterocycles. The lowest BCUT2D eigenvalue weighted by Gasteiger charge is -2.07. The summed E-state index contributed by atoms with van der Waals surface area (Å²) in [5, 5.41) is 8.61. The highest BCUT2D eigenvalue weighted by Gasteiger charge is 2.18. The van der Waals surface area contributed by atoms with Gasteiger partial charge < -0.3 is 14.5 Å². The van der Waals surface area contributed by atoms with Crippen LogP contribution in [0.25, 0.3) is 0 Å². The molecule has 2 aromatic heterocycles. The number of furan rings is 1. The molecule has 0 atom stereocenters. The minimum atomic E-state index is -0.364. The lowest BCUT2D eigenvalue weighted by molar-refractivity contribution is 0.0992. The first kappa shape index (κ1) is 23.4. The van der Waals surface area contributed by atoms with E-state index >= 15 is 0 Å². The van der Waals surface area contributed by atoms with Crippen LogP contribution in [0.3, 0.4) is 0 Å². The fourth-order valence-electron chi connectivity index (χ4n) is 3.33. The van der Waals surface area contributed by atoms with E-state index in [0.29, 0.717) is 39.5 Å². The van der Waals surface area contributed by atoms with Gasteiger partial charge in [0.1, 0.15) is 18.1 Å². The number of nitrogens with zero attached hydrogens (tertiary/aromatic N) is 2. The molecule has 2 aromatic carbocycles. The number of rotatable bonds is 7. The molecule has 0 aliphatic heterocycles. The molecule has 0 saturated heterocycles. The second-order valence-electron chi connectivity index (χ2n) is 7.42. The third-order valence-electron chi connectivity index (χ3n) is 4.99. The second kappa shape index (κ2) is 10.0. The summed E-state index contributed by atoms with van der Waals surface area (Å²) in [5.41, 5.74) is 3.22. The molecule has 0 fully saturated rings. The van der Waals surface area contributed by atoms with Crippen molar-refractivity contribution in [1.82, 2.24) is 9.78 Å². The fourth-order valence-corrected chi connectivity index (χ4v) is 4.27. The van der Waals surface area contributed by atoms with Crippen molar-refractivity contribution in [1.29, 1.82) is 0 Å². The minimum absolute atomic E-state index is 0.143. The summed E-state index contributed by atoms with van der Waals surface area (Å²) < 4.78 is 14.1. The van der Waals surface area contributed by atoms with Gasteiger partial charge in [-0.15, -0.1) is 0 Å². The summed E-state index contributed by atoms with van der Waals surface area (Å²) in [5.74, 6) is 0.846. The Morgan fingerprint density at radius 2 is 1.97 bits per heavy atom. The van der Waals surface area contributed by atoms with Crippen LogP contribution < -0.4 is 10.1 Å². The Kier molecular flexibility index (Phi) is 7.12. The third kappa shape index (κ3) is 5.61. The van der Waals surface area contributed by atoms with Crippen LogP contribution in [0.1, 0.15) is 33.3 Å². The molecule has 33 heavy (non-hydrogen) atoms. The van der Waals surface area contributed by atoms with Gasteiger partial charge in [0.15, 0.2) is 5.76 Å². The molecule has 6 nitrogen and oxygen atoms in total. The zero-order valence-corrected chi connectivity index (χ0v) is 21.0. The van der Waals surface area contributed by atoms with Crippen molar-refractivity contribution >= 4 is 50.7 Å².